The van der Waals surface area contributed by atoms with Crippen LogP contribution in [0.25, 0.3) is 0 Å². The van der Waals surface area contributed by atoms with Gasteiger partial charge < -0.3 is 20.1 Å². The van der Waals surface area contributed by atoms with E-state index in [9.17, 15) is 9.90 Å². The molecular formula is C18H25N3O3. The molecule has 1 aromatic rings. The molecule has 0 aromatic carbocycles. The number of aromatic nitrogens is 1. The molecule has 0 radical (unpaired) electrons. The SMILES string of the molecule is O=C1C[C@@H](NCC2(O)CCOCC2)[C@H](c2cccnc2)N1C1CC1. The van der Waals surface area contributed by atoms with Gasteiger partial charge in [0.05, 0.1) is 11.6 Å². The van der Waals surface area contributed by atoms with Crippen molar-refractivity contribution in [3.8, 4) is 0 Å². The largest absolute Gasteiger partial charge is 0.388 e. The monoisotopic (exact) mass is 331 g/mol. The van der Waals surface area contributed by atoms with Crippen LogP contribution in [0, 0.1) is 0 Å². The third-order valence-electron chi connectivity index (χ3n) is 5.45. The number of hydrogen-bond donors (Lipinski definition) is 2. The number of aliphatic hydroxyl groups is 1. The molecule has 1 saturated carbocycles. The standard InChI is InChI=1S/C18H25N3O3/c22-16-10-15(20-12-18(23)5-8-24-9-6-18)17(21(16)14-3-4-14)13-2-1-7-19-11-13/h1-2,7,11,14-15,17,20,23H,3-6,8-10,12H2/t15-,17+/m1/s1. The molecule has 2 atom stereocenters. The van der Waals surface area contributed by atoms with Crippen molar-refractivity contribution < 1.29 is 14.6 Å². The van der Waals surface area contributed by atoms with Crippen LogP contribution in [0.3, 0.4) is 0 Å². The highest BCUT2D eigenvalue weighted by atomic mass is 16.5. The number of rotatable bonds is 5. The van der Waals surface area contributed by atoms with Crippen LogP contribution >= 0.6 is 0 Å². The average Bonchev–Trinajstić information content (AvgIpc) is 3.38. The van der Waals surface area contributed by atoms with Crippen molar-refractivity contribution in [3.05, 3.63) is 30.1 Å². The van der Waals surface area contributed by atoms with Crippen molar-refractivity contribution in [2.45, 2.75) is 55.8 Å². The Balaban J connectivity index is 1.51. The zero-order chi connectivity index (χ0) is 16.6. The molecule has 6 nitrogen and oxygen atoms in total. The third kappa shape index (κ3) is 3.18. The Morgan fingerprint density at radius 1 is 1.38 bits per heavy atom. The van der Waals surface area contributed by atoms with E-state index >= 15 is 0 Å². The number of carbonyl (C=O) groups excluding carboxylic acids is 1. The predicted molar refractivity (Wildman–Crippen MR) is 88.3 cm³/mol. The molecule has 6 heteroatoms. The average molecular weight is 331 g/mol. The normalized spacial score (nSPS) is 29.9. The maximum atomic E-state index is 12.6. The second-order valence-electron chi connectivity index (χ2n) is 7.29. The molecule has 3 fully saturated rings. The molecule has 2 saturated heterocycles. The van der Waals surface area contributed by atoms with Gasteiger partial charge in [-0.3, -0.25) is 9.78 Å². The molecule has 3 heterocycles. The lowest BCUT2D eigenvalue weighted by molar-refractivity contribution is -0.129. The summed E-state index contributed by atoms with van der Waals surface area (Å²) in [5.74, 6) is 0.211. The summed E-state index contributed by atoms with van der Waals surface area (Å²) in [4.78, 5) is 18.8. The van der Waals surface area contributed by atoms with Gasteiger partial charge in [0.25, 0.3) is 0 Å². The minimum Gasteiger partial charge on any atom is -0.388 e. The van der Waals surface area contributed by atoms with Gasteiger partial charge in [0.1, 0.15) is 0 Å². The van der Waals surface area contributed by atoms with E-state index in [4.69, 9.17) is 4.74 Å². The Hall–Kier alpha value is -1.50. The van der Waals surface area contributed by atoms with Crippen LogP contribution in [0.4, 0.5) is 0 Å². The fourth-order valence-electron chi connectivity index (χ4n) is 3.91. The molecule has 130 valence electrons. The molecule has 1 aliphatic carbocycles. The summed E-state index contributed by atoms with van der Waals surface area (Å²) < 4.78 is 5.34. The molecule has 3 aliphatic rings. The van der Waals surface area contributed by atoms with Gasteiger partial charge in [-0.25, -0.2) is 0 Å². The lowest BCUT2D eigenvalue weighted by Gasteiger charge is -2.35. The van der Waals surface area contributed by atoms with Crippen molar-refractivity contribution in [3.63, 3.8) is 0 Å². The van der Waals surface area contributed by atoms with Gasteiger partial charge >= 0.3 is 0 Å². The fourth-order valence-corrected chi connectivity index (χ4v) is 3.91. The fraction of sp³-hybridized carbons (Fsp3) is 0.667. The molecule has 2 N–H and O–H groups in total. The van der Waals surface area contributed by atoms with Crippen LogP contribution < -0.4 is 5.32 Å². The first-order valence-electron chi connectivity index (χ1n) is 8.91. The highest BCUT2D eigenvalue weighted by Crippen LogP contribution is 2.41. The molecule has 1 aromatic heterocycles. The van der Waals surface area contributed by atoms with Crippen LogP contribution in [0.2, 0.25) is 0 Å². The van der Waals surface area contributed by atoms with Crippen molar-refractivity contribution in [2.75, 3.05) is 19.8 Å². The summed E-state index contributed by atoms with van der Waals surface area (Å²) in [5.41, 5.74) is 0.347. The third-order valence-corrected chi connectivity index (χ3v) is 5.45. The van der Waals surface area contributed by atoms with E-state index in [-0.39, 0.29) is 18.0 Å². The minimum atomic E-state index is -0.728. The first-order chi connectivity index (χ1) is 11.7. The van der Waals surface area contributed by atoms with E-state index in [1.165, 1.54) is 0 Å². The highest BCUT2D eigenvalue weighted by molar-refractivity contribution is 5.81. The second kappa shape index (κ2) is 6.43. The number of likely N-dealkylation sites (tertiary alicyclic amines) is 1. The summed E-state index contributed by atoms with van der Waals surface area (Å²) in [6, 6.07) is 4.38. The number of ether oxygens (including phenoxy) is 1. The van der Waals surface area contributed by atoms with Gasteiger partial charge in [-0.2, -0.15) is 0 Å². The van der Waals surface area contributed by atoms with E-state index in [1.54, 1.807) is 6.20 Å². The Kier molecular flexibility index (Phi) is 4.28. The number of amides is 1. The van der Waals surface area contributed by atoms with Crippen molar-refractivity contribution in [1.82, 2.24) is 15.2 Å². The highest BCUT2D eigenvalue weighted by Gasteiger charge is 2.47. The smallest absolute Gasteiger partial charge is 0.225 e. The van der Waals surface area contributed by atoms with Gasteiger partial charge in [0, 0.05) is 63.5 Å². The second-order valence-corrected chi connectivity index (χ2v) is 7.29. The number of carbonyl (C=O) groups is 1. The van der Waals surface area contributed by atoms with Crippen molar-refractivity contribution in [2.24, 2.45) is 0 Å². The summed E-state index contributed by atoms with van der Waals surface area (Å²) in [6.45, 7) is 1.70. The number of hydrogen-bond acceptors (Lipinski definition) is 5. The summed E-state index contributed by atoms with van der Waals surface area (Å²) in [5, 5.41) is 14.2. The first kappa shape index (κ1) is 16.0. The van der Waals surface area contributed by atoms with Crippen LogP contribution in [-0.4, -0.2) is 58.3 Å². The quantitative estimate of drug-likeness (QED) is 0.842. The van der Waals surface area contributed by atoms with E-state index < -0.39 is 5.60 Å². The molecule has 0 bridgehead atoms. The molecule has 0 unspecified atom stereocenters. The Bertz CT molecular complexity index is 584. The van der Waals surface area contributed by atoms with Gasteiger partial charge in [-0.15, -0.1) is 0 Å². The van der Waals surface area contributed by atoms with Gasteiger partial charge in [-0.05, 0) is 24.5 Å². The lowest BCUT2D eigenvalue weighted by atomic mass is 9.93. The van der Waals surface area contributed by atoms with Crippen molar-refractivity contribution in [1.29, 1.82) is 0 Å². The van der Waals surface area contributed by atoms with Crippen LogP contribution in [0.5, 0.6) is 0 Å². The number of nitrogens with zero attached hydrogens (tertiary/aromatic N) is 2. The van der Waals surface area contributed by atoms with Crippen LogP contribution in [0.1, 0.15) is 43.7 Å². The summed E-state index contributed by atoms with van der Waals surface area (Å²) in [6.07, 6.45) is 7.58. The molecule has 2 aliphatic heterocycles. The zero-order valence-electron chi connectivity index (χ0n) is 13.9. The zero-order valence-corrected chi connectivity index (χ0v) is 13.9. The van der Waals surface area contributed by atoms with E-state index in [0.29, 0.717) is 45.1 Å². The maximum absolute atomic E-state index is 12.6. The molecule has 1 amide bonds. The lowest BCUT2D eigenvalue weighted by Crippen LogP contribution is -2.49. The summed E-state index contributed by atoms with van der Waals surface area (Å²) in [7, 11) is 0. The van der Waals surface area contributed by atoms with Gasteiger partial charge in [-0.1, -0.05) is 6.07 Å². The molecular weight excluding hydrogens is 306 g/mol. The number of nitrogens with one attached hydrogen (secondary N) is 1. The summed E-state index contributed by atoms with van der Waals surface area (Å²) >= 11 is 0. The first-order valence-corrected chi connectivity index (χ1v) is 8.91. The van der Waals surface area contributed by atoms with E-state index in [1.807, 2.05) is 23.2 Å². The van der Waals surface area contributed by atoms with E-state index in [0.717, 1.165) is 18.4 Å². The van der Waals surface area contributed by atoms with Crippen LogP contribution in [-0.2, 0) is 9.53 Å². The Labute approximate surface area is 142 Å². The topological polar surface area (TPSA) is 74.7 Å². The molecule has 0 spiro atoms. The minimum absolute atomic E-state index is 0.0159. The van der Waals surface area contributed by atoms with Gasteiger partial charge in [0.15, 0.2) is 0 Å². The maximum Gasteiger partial charge on any atom is 0.225 e. The number of pyridine rings is 1. The van der Waals surface area contributed by atoms with Crippen LogP contribution in [0.15, 0.2) is 24.5 Å². The molecule has 24 heavy (non-hydrogen) atoms. The predicted octanol–water partition coefficient (Wildman–Crippen LogP) is 1.02. The Morgan fingerprint density at radius 2 is 2.17 bits per heavy atom. The van der Waals surface area contributed by atoms with Crippen molar-refractivity contribution >= 4 is 5.91 Å². The van der Waals surface area contributed by atoms with Gasteiger partial charge in [0.2, 0.25) is 5.91 Å². The van der Waals surface area contributed by atoms with E-state index in [2.05, 4.69) is 10.3 Å². The Morgan fingerprint density at radius 3 is 2.83 bits per heavy atom. The molecule has 4 rings (SSSR count).